The van der Waals surface area contributed by atoms with E-state index in [9.17, 15) is 0 Å². The van der Waals surface area contributed by atoms with Crippen molar-refractivity contribution in [3.05, 3.63) is 40.4 Å². The van der Waals surface area contributed by atoms with Gasteiger partial charge in [-0.2, -0.15) is 5.10 Å². The maximum Gasteiger partial charge on any atom is 0.195 e. The second kappa shape index (κ2) is 4.55. The molecule has 0 saturated heterocycles. The third-order valence-corrected chi connectivity index (χ3v) is 4.79. The van der Waals surface area contributed by atoms with Gasteiger partial charge in [0.2, 0.25) is 0 Å². The highest BCUT2D eigenvalue weighted by molar-refractivity contribution is 7.99. The Labute approximate surface area is 116 Å². The average Bonchev–Trinajstić information content (AvgIpc) is 2.91. The summed E-state index contributed by atoms with van der Waals surface area (Å²) in [6, 6.07) is 8.91. The summed E-state index contributed by atoms with van der Waals surface area (Å²) in [6.45, 7) is 4.28. The fourth-order valence-corrected chi connectivity index (χ4v) is 4.02. The molecule has 2 heterocycles. The predicted octanol–water partition coefficient (Wildman–Crippen LogP) is 3.91. The minimum atomic E-state index is 0.343. The van der Waals surface area contributed by atoms with Crippen molar-refractivity contribution in [1.82, 2.24) is 14.8 Å². The predicted molar refractivity (Wildman–Crippen MR) is 76.5 cm³/mol. The number of aromatic nitrogens is 3. The smallest absolute Gasteiger partial charge is 0.195 e. The van der Waals surface area contributed by atoms with E-state index >= 15 is 0 Å². The van der Waals surface area contributed by atoms with Gasteiger partial charge < -0.3 is 4.57 Å². The molecule has 1 aliphatic rings. The van der Waals surface area contributed by atoms with Crippen LogP contribution in [-0.4, -0.2) is 14.8 Å². The van der Waals surface area contributed by atoms with Crippen molar-refractivity contribution in [3.8, 4) is 0 Å². The second-order valence-corrected chi connectivity index (χ2v) is 6.40. The second-order valence-electron chi connectivity index (χ2n) is 4.77. The fourth-order valence-electron chi connectivity index (χ4n) is 2.37. The first-order valence-electron chi connectivity index (χ1n) is 6.08. The van der Waals surface area contributed by atoms with Crippen molar-refractivity contribution >= 4 is 24.0 Å². The minimum Gasteiger partial charge on any atom is -0.301 e. The fraction of sp³-hybridized carbons (Fsp3) is 0.385. The molecule has 1 unspecified atom stereocenters. The van der Waals surface area contributed by atoms with Gasteiger partial charge in [0.1, 0.15) is 5.82 Å². The molecule has 5 heteroatoms. The van der Waals surface area contributed by atoms with Crippen LogP contribution < -0.4 is 0 Å². The first-order valence-corrected chi connectivity index (χ1v) is 7.37. The van der Waals surface area contributed by atoms with E-state index in [2.05, 4.69) is 52.9 Å². The van der Waals surface area contributed by atoms with Crippen LogP contribution in [0.4, 0.5) is 0 Å². The Morgan fingerprint density at radius 2 is 2.22 bits per heavy atom. The summed E-state index contributed by atoms with van der Waals surface area (Å²) in [5.74, 6) is 1.07. The summed E-state index contributed by atoms with van der Waals surface area (Å²) in [5.41, 5.74) is 1.41. The third-order valence-electron chi connectivity index (χ3n) is 3.18. The van der Waals surface area contributed by atoms with Crippen molar-refractivity contribution in [3.63, 3.8) is 0 Å². The maximum absolute atomic E-state index is 5.31. The van der Waals surface area contributed by atoms with Crippen LogP contribution in [0.1, 0.15) is 36.5 Å². The van der Waals surface area contributed by atoms with Crippen molar-refractivity contribution in [2.75, 3.05) is 0 Å². The maximum atomic E-state index is 5.31. The van der Waals surface area contributed by atoms with E-state index in [4.69, 9.17) is 12.2 Å². The number of H-pyrrole nitrogens is 1. The van der Waals surface area contributed by atoms with Gasteiger partial charge >= 0.3 is 0 Å². The molecule has 0 bridgehead atoms. The Balaban J connectivity index is 1.98. The molecule has 3 rings (SSSR count). The molecule has 1 aromatic carbocycles. The molecule has 1 aromatic heterocycles. The quantitative estimate of drug-likeness (QED) is 0.845. The van der Waals surface area contributed by atoms with Crippen LogP contribution in [0.2, 0.25) is 0 Å². The van der Waals surface area contributed by atoms with Crippen LogP contribution in [0.5, 0.6) is 0 Å². The van der Waals surface area contributed by atoms with Crippen LogP contribution in [-0.2, 0) is 6.42 Å². The van der Waals surface area contributed by atoms with E-state index < -0.39 is 0 Å². The molecular weight excluding hydrogens is 262 g/mol. The molecular formula is C13H15N3S2. The third kappa shape index (κ3) is 1.91. The highest BCUT2D eigenvalue weighted by Gasteiger charge is 2.28. The van der Waals surface area contributed by atoms with Gasteiger partial charge in [0.25, 0.3) is 0 Å². The van der Waals surface area contributed by atoms with Crippen LogP contribution in [0.25, 0.3) is 0 Å². The molecule has 0 amide bonds. The number of fused-ring (bicyclic) bond motifs is 1. The molecule has 0 fully saturated rings. The van der Waals surface area contributed by atoms with E-state index in [1.807, 2.05) is 11.8 Å². The Bertz CT molecular complexity index is 602. The summed E-state index contributed by atoms with van der Waals surface area (Å²) in [5, 5.41) is 7.72. The lowest BCUT2D eigenvalue weighted by molar-refractivity contribution is 0.558. The molecule has 0 aliphatic carbocycles. The first kappa shape index (κ1) is 12.0. The van der Waals surface area contributed by atoms with E-state index in [0.717, 1.165) is 17.0 Å². The van der Waals surface area contributed by atoms with Crippen LogP contribution in [0, 0.1) is 4.77 Å². The van der Waals surface area contributed by atoms with Gasteiger partial charge in [0.05, 0.1) is 5.25 Å². The van der Waals surface area contributed by atoms with Gasteiger partial charge in [-0.25, -0.2) is 0 Å². The molecule has 0 radical (unpaired) electrons. The molecule has 1 atom stereocenters. The van der Waals surface area contributed by atoms with E-state index in [1.54, 1.807) is 0 Å². The zero-order valence-corrected chi connectivity index (χ0v) is 12.0. The Hall–Kier alpha value is -1.07. The van der Waals surface area contributed by atoms with Gasteiger partial charge in [-0.15, -0.1) is 11.8 Å². The number of nitrogens with one attached hydrogen (secondary N) is 1. The van der Waals surface area contributed by atoms with Crippen molar-refractivity contribution in [2.45, 2.75) is 36.5 Å². The van der Waals surface area contributed by atoms with Crippen molar-refractivity contribution in [2.24, 2.45) is 0 Å². The van der Waals surface area contributed by atoms with E-state index in [-0.39, 0.29) is 0 Å². The molecule has 1 N–H and O–H groups in total. The van der Waals surface area contributed by atoms with Gasteiger partial charge in [-0.3, -0.25) is 5.10 Å². The molecule has 3 nitrogen and oxygen atoms in total. The monoisotopic (exact) mass is 277 g/mol. The Morgan fingerprint density at radius 1 is 1.44 bits per heavy atom. The average molecular weight is 277 g/mol. The minimum absolute atomic E-state index is 0.343. The van der Waals surface area contributed by atoms with Crippen LogP contribution in [0.3, 0.4) is 0 Å². The highest BCUT2D eigenvalue weighted by Crippen LogP contribution is 2.45. The SMILES string of the molecule is CC(C)n1c(C2Cc3ccccc3S2)n[nH]c1=S. The Kier molecular flexibility index (Phi) is 3.03. The van der Waals surface area contributed by atoms with Crippen LogP contribution in [0.15, 0.2) is 29.2 Å². The van der Waals surface area contributed by atoms with E-state index in [1.165, 1.54) is 10.5 Å². The number of rotatable bonds is 2. The lowest BCUT2D eigenvalue weighted by atomic mass is 10.1. The summed E-state index contributed by atoms with van der Waals surface area (Å²) in [4.78, 5) is 1.37. The van der Waals surface area contributed by atoms with Gasteiger partial charge in [-0.1, -0.05) is 18.2 Å². The lowest BCUT2D eigenvalue weighted by Crippen LogP contribution is -2.09. The zero-order chi connectivity index (χ0) is 12.7. The summed E-state index contributed by atoms with van der Waals surface area (Å²) in [7, 11) is 0. The summed E-state index contributed by atoms with van der Waals surface area (Å²) in [6.07, 6.45) is 1.03. The van der Waals surface area contributed by atoms with Crippen molar-refractivity contribution in [1.29, 1.82) is 0 Å². The number of thioether (sulfide) groups is 1. The Morgan fingerprint density at radius 3 is 2.94 bits per heavy atom. The summed E-state index contributed by atoms with van der Waals surface area (Å²) < 4.78 is 2.84. The number of benzene rings is 1. The normalized spacial score (nSPS) is 18.3. The first-order chi connectivity index (χ1) is 8.66. The molecule has 1 aliphatic heterocycles. The molecule has 18 heavy (non-hydrogen) atoms. The molecule has 0 spiro atoms. The lowest BCUT2D eigenvalue weighted by Gasteiger charge is -2.13. The number of aromatic amines is 1. The zero-order valence-electron chi connectivity index (χ0n) is 10.4. The molecule has 0 saturated carbocycles. The topological polar surface area (TPSA) is 33.6 Å². The number of hydrogen-bond donors (Lipinski definition) is 1. The number of nitrogens with zero attached hydrogens (tertiary/aromatic N) is 2. The van der Waals surface area contributed by atoms with Gasteiger partial charge in [0.15, 0.2) is 4.77 Å². The standard InChI is InChI=1S/C13H15N3S2/c1-8(2)16-12(14-15-13(16)17)11-7-9-5-3-4-6-10(9)18-11/h3-6,8,11H,7H2,1-2H3,(H,15,17). The molecule has 2 aromatic rings. The summed E-state index contributed by atoms with van der Waals surface area (Å²) >= 11 is 7.19. The van der Waals surface area contributed by atoms with Crippen LogP contribution >= 0.6 is 24.0 Å². The largest absolute Gasteiger partial charge is 0.301 e. The number of hydrogen-bond acceptors (Lipinski definition) is 3. The highest BCUT2D eigenvalue weighted by atomic mass is 32.2. The van der Waals surface area contributed by atoms with E-state index in [0.29, 0.717) is 11.3 Å². The van der Waals surface area contributed by atoms with Gasteiger partial charge in [-0.05, 0) is 44.1 Å². The van der Waals surface area contributed by atoms with Crippen molar-refractivity contribution < 1.29 is 0 Å². The van der Waals surface area contributed by atoms with Gasteiger partial charge in [0, 0.05) is 10.9 Å². The molecule has 94 valence electrons.